The van der Waals surface area contributed by atoms with E-state index in [0.717, 1.165) is 63.7 Å². The predicted molar refractivity (Wildman–Crippen MR) is 139 cm³/mol. The summed E-state index contributed by atoms with van der Waals surface area (Å²) in [5.41, 5.74) is 1.53. The molecule has 0 saturated carbocycles. The highest BCUT2D eigenvalue weighted by Crippen LogP contribution is 2.21. The fraction of sp³-hybridized carbons (Fsp3) is 0.538. The number of likely N-dealkylation sites (N-methyl/N-ethyl adjacent to an activating group) is 1. The molecule has 1 aliphatic heterocycles. The number of nitrogens with one attached hydrogen (secondary N) is 1. The second kappa shape index (κ2) is 12.5. The zero-order chi connectivity index (χ0) is 24.6. The molecule has 1 heterocycles. The fourth-order valence-corrected chi connectivity index (χ4v) is 5.30. The van der Waals surface area contributed by atoms with Crippen LogP contribution < -0.4 is 9.46 Å². The molecule has 8 heteroatoms. The van der Waals surface area contributed by atoms with Crippen molar-refractivity contribution < 1.29 is 13.2 Å². The topological polar surface area (TPSA) is 65.1 Å². The number of benzene rings is 2. The first kappa shape index (κ1) is 26.5. The van der Waals surface area contributed by atoms with Crippen LogP contribution in [-0.2, 0) is 16.6 Å². The molecular weight excluding hydrogens is 448 g/mol. The van der Waals surface area contributed by atoms with Crippen LogP contribution in [0.4, 0.5) is 5.69 Å². The average molecular weight is 489 g/mol. The first-order valence-electron chi connectivity index (χ1n) is 12.3. The van der Waals surface area contributed by atoms with E-state index < -0.39 is 10.0 Å². The van der Waals surface area contributed by atoms with Crippen molar-refractivity contribution >= 4 is 15.7 Å². The molecule has 0 radical (unpaired) electrons. The maximum absolute atomic E-state index is 13.0. The van der Waals surface area contributed by atoms with E-state index >= 15 is 0 Å². The van der Waals surface area contributed by atoms with Crippen molar-refractivity contribution in [3.8, 4) is 5.75 Å². The van der Waals surface area contributed by atoms with E-state index in [9.17, 15) is 8.42 Å². The molecule has 0 atom stereocenters. The van der Waals surface area contributed by atoms with Gasteiger partial charge in [-0.1, -0.05) is 26.0 Å². The first-order chi connectivity index (χ1) is 16.3. The van der Waals surface area contributed by atoms with Gasteiger partial charge in [0.15, 0.2) is 0 Å². The molecule has 1 saturated heterocycles. The van der Waals surface area contributed by atoms with Crippen LogP contribution in [0, 0.1) is 0 Å². The quantitative estimate of drug-likeness (QED) is 0.491. The summed E-state index contributed by atoms with van der Waals surface area (Å²) < 4.78 is 34.5. The van der Waals surface area contributed by atoms with Gasteiger partial charge in [0.05, 0.1) is 4.90 Å². The lowest BCUT2D eigenvalue weighted by Crippen LogP contribution is -2.48. The maximum Gasteiger partial charge on any atom is 0.261 e. The van der Waals surface area contributed by atoms with Gasteiger partial charge in [0.1, 0.15) is 12.4 Å². The lowest BCUT2D eigenvalue weighted by Gasteiger charge is -2.37. The minimum absolute atomic E-state index is 0.283. The molecule has 34 heavy (non-hydrogen) atoms. The predicted octanol–water partition coefficient (Wildman–Crippen LogP) is 3.73. The molecule has 0 bridgehead atoms. The molecule has 0 aromatic heterocycles. The Hall–Kier alpha value is -2.13. The number of anilines is 1. The van der Waals surface area contributed by atoms with Crippen molar-refractivity contribution in [1.29, 1.82) is 0 Å². The Bertz CT molecular complexity index is 983. The van der Waals surface area contributed by atoms with E-state index in [2.05, 4.69) is 47.1 Å². The molecule has 2 aromatic carbocycles. The number of piperazine rings is 1. The molecule has 1 aliphatic rings. The van der Waals surface area contributed by atoms with Crippen LogP contribution in [0.25, 0.3) is 0 Å². The van der Waals surface area contributed by atoms with Gasteiger partial charge >= 0.3 is 0 Å². The Morgan fingerprint density at radius 3 is 2.29 bits per heavy atom. The number of hydrogen-bond donors (Lipinski definition) is 1. The summed E-state index contributed by atoms with van der Waals surface area (Å²) in [4.78, 5) is 7.44. The van der Waals surface area contributed by atoms with Crippen molar-refractivity contribution in [1.82, 2.24) is 14.7 Å². The van der Waals surface area contributed by atoms with Gasteiger partial charge in [-0.05, 0) is 68.9 Å². The van der Waals surface area contributed by atoms with E-state index in [1.807, 2.05) is 12.1 Å². The maximum atomic E-state index is 13.0. The van der Waals surface area contributed by atoms with Gasteiger partial charge in [-0.3, -0.25) is 14.5 Å². The Balaban J connectivity index is 1.56. The number of hydrogen-bond acceptors (Lipinski definition) is 6. The SMILES string of the molecule is CCN(CC)CCOc1ccc(NS(=O)(=O)c2cccc(CN3CCN(C(C)C)CC3)c2)cc1. The van der Waals surface area contributed by atoms with Gasteiger partial charge in [0.25, 0.3) is 10.0 Å². The van der Waals surface area contributed by atoms with Crippen LogP contribution in [0.1, 0.15) is 33.3 Å². The van der Waals surface area contributed by atoms with E-state index in [-0.39, 0.29) is 4.90 Å². The molecule has 0 unspecified atom stereocenters. The zero-order valence-corrected chi connectivity index (χ0v) is 21.9. The summed E-state index contributed by atoms with van der Waals surface area (Å²) in [5.74, 6) is 0.731. The highest BCUT2D eigenvalue weighted by molar-refractivity contribution is 7.92. The molecule has 188 valence electrons. The lowest BCUT2D eigenvalue weighted by atomic mass is 10.2. The summed E-state index contributed by atoms with van der Waals surface area (Å²) >= 11 is 0. The number of ether oxygens (including phenoxy) is 1. The minimum Gasteiger partial charge on any atom is -0.492 e. The van der Waals surface area contributed by atoms with E-state index in [1.165, 1.54) is 0 Å². The molecule has 0 spiro atoms. The Labute approximate surface area is 205 Å². The third-order valence-electron chi connectivity index (χ3n) is 6.43. The molecule has 3 rings (SSSR count). The number of rotatable bonds is 12. The standard InChI is InChI=1S/C26H40N4O3S/c1-5-28(6-2)18-19-33-25-12-10-24(11-13-25)27-34(31,32)26-9-7-8-23(20-26)21-29-14-16-30(17-15-29)22(3)4/h7-13,20,22,27H,5-6,14-19,21H2,1-4H3. The van der Waals surface area contributed by atoms with Gasteiger partial charge < -0.3 is 9.64 Å². The molecule has 7 nitrogen and oxygen atoms in total. The van der Waals surface area contributed by atoms with Gasteiger partial charge in [-0.15, -0.1) is 0 Å². The molecule has 2 aromatic rings. The van der Waals surface area contributed by atoms with Crippen molar-refractivity contribution in [2.75, 3.05) is 57.1 Å². The Morgan fingerprint density at radius 1 is 1.00 bits per heavy atom. The van der Waals surface area contributed by atoms with Crippen LogP contribution in [-0.4, -0.2) is 81.6 Å². The largest absolute Gasteiger partial charge is 0.492 e. The van der Waals surface area contributed by atoms with Crippen molar-refractivity contribution in [3.05, 3.63) is 54.1 Å². The van der Waals surface area contributed by atoms with Crippen LogP contribution >= 0.6 is 0 Å². The smallest absolute Gasteiger partial charge is 0.261 e. The molecule has 0 aliphatic carbocycles. The van der Waals surface area contributed by atoms with Gasteiger partial charge in [0, 0.05) is 51.0 Å². The van der Waals surface area contributed by atoms with Crippen LogP contribution in [0.2, 0.25) is 0 Å². The minimum atomic E-state index is -3.67. The van der Waals surface area contributed by atoms with Crippen LogP contribution in [0.15, 0.2) is 53.4 Å². The lowest BCUT2D eigenvalue weighted by molar-refractivity contribution is 0.104. The fourth-order valence-electron chi connectivity index (χ4n) is 4.17. The normalized spacial score (nSPS) is 15.7. The van der Waals surface area contributed by atoms with Crippen LogP contribution in [0.3, 0.4) is 0 Å². The second-order valence-electron chi connectivity index (χ2n) is 9.06. The van der Waals surface area contributed by atoms with Gasteiger partial charge in [0.2, 0.25) is 0 Å². The van der Waals surface area contributed by atoms with Crippen molar-refractivity contribution in [3.63, 3.8) is 0 Å². The highest BCUT2D eigenvalue weighted by Gasteiger charge is 2.20. The number of sulfonamides is 1. The third kappa shape index (κ3) is 7.70. The van der Waals surface area contributed by atoms with E-state index in [4.69, 9.17) is 4.74 Å². The molecule has 1 N–H and O–H groups in total. The van der Waals surface area contributed by atoms with Crippen molar-refractivity contribution in [2.45, 2.75) is 45.2 Å². The number of nitrogens with zero attached hydrogens (tertiary/aromatic N) is 3. The molecule has 0 amide bonds. The summed E-state index contributed by atoms with van der Waals surface area (Å²) in [5, 5.41) is 0. The first-order valence-corrected chi connectivity index (χ1v) is 13.8. The Kier molecular flexibility index (Phi) is 9.76. The summed E-state index contributed by atoms with van der Waals surface area (Å²) in [6.07, 6.45) is 0. The van der Waals surface area contributed by atoms with E-state index in [0.29, 0.717) is 18.3 Å². The Morgan fingerprint density at radius 2 is 1.68 bits per heavy atom. The summed E-state index contributed by atoms with van der Waals surface area (Å²) in [6, 6.07) is 14.9. The van der Waals surface area contributed by atoms with Gasteiger partial charge in [-0.25, -0.2) is 8.42 Å². The average Bonchev–Trinajstić information content (AvgIpc) is 2.83. The summed E-state index contributed by atoms with van der Waals surface area (Å²) in [7, 11) is -3.67. The van der Waals surface area contributed by atoms with Crippen molar-refractivity contribution in [2.24, 2.45) is 0 Å². The van der Waals surface area contributed by atoms with Crippen LogP contribution in [0.5, 0.6) is 5.75 Å². The monoisotopic (exact) mass is 488 g/mol. The second-order valence-corrected chi connectivity index (χ2v) is 10.7. The van der Waals surface area contributed by atoms with E-state index in [1.54, 1.807) is 36.4 Å². The summed E-state index contributed by atoms with van der Waals surface area (Å²) in [6.45, 7) is 17.0. The third-order valence-corrected chi connectivity index (χ3v) is 7.81. The molecular formula is C26H40N4O3S. The highest BCUT2D eigenvalue weighted by atomic mass is 32.2. The van der Waals surface area contributed by atoms with Gasteiger partial charge in [-0.2, -0.15) is 0 Å². The zero-order valence-electron chi connectivity index (χ0n) is 21.0. The molecule has 1 fully saturated rings.